The molecule has 8 heteroatoms. The van der Waals surface area contributed by atoms with E-state index in [1.54, 1.807) is 12.1 Å². The van der Waals surface area contributed by atoms with Crippen LogP contribution in [0.1, 0.15) is 38.5 Å². The van der Waals surface area contributed by atoms with Crippen LogP contribution in [0.5, 0.6) is 0 Å². The molecule has 6 rings (SSSR count). The topological polar surface area (TPSA) is 84.2 Å². The number of nitrogens with one attached hydrogen (secondary N) is 1. The number of hydrogen-bond donors (Lipinski definition) is 2. The Bertz CT molecular complexity index is 1040. The largest absolute Gasteiger partial charge is 0.481 e. The second kappa shape index (κ2) is 6.29. The maximum Gasteiger partial charge on any atom is 0.309 e. The molecule has 2 atom stereocenters. The second-order valence-electron chi connectivity index (χ2n) is 8.99. The van der Waals surface area contributed by atoms with E-state index < -0.39 is 22.5 Å². The third-order valence-corrected chi connectivity index (χ3v) is 7.34. The minimum atomic E-state index is -0.761. The fourth-order valence-electron chi connectivity index (χ4n) is 6.26. The Balaban J connectivity index is 1.52. The first-order valence-electron chi connectivity index (χ1n) is 9.85. The molecule has 0 radical (unpaired) electrons. The van der Waals surface area contributed by atoms with Crippen LogP contribution in [0.3, 0.4) is 0 Å². The molecule has 1 heterocycles. The number of rotatable bonds is 4. The van der Waals surface area contributed by atoms with Crippen molar-refractivity contribution in [2.45, 2.75) is 44.1 Å². The summed E-state index contributed by atoms with van der Waals surface area (Å²) in [5, 5.41) is 17.3. The highest BCUT2D eigenvalue weighted by molar-refractivity contribution is 6.33. The molecule has 0 aliphatic heterocycles. The van der Waals surface area contributed by atoms with Gasteiger partial charge in [0.2, 0.25) is 0 Å². The Hall–Kier alpha value is -2.41. The molecule has 0 spiro atoms. The van der Waals surface area contributed by atoms with Crippen LogP contribution in [0.2, 0.25) is 5.02 Å². The van der Waals surface area contributed by atoms with Crippen LogP contribution < -0.4 is 10.9 Å². The number of halogens is 2. The third kappa shape index (κ3) is 2.86. The number of aliphatic carboxylic acids is 1. The Kier molecular flexibility index (Phi) is 4.04. The summed E-state index contributed by atoms with van der Waals surface area (Å²) in [5.74, 6) is -0.511. The predicted octanol–water partition coefficient (Wildman–Crippen LogP) is 4.16. The van der Waals surface area contributed by atoms with Crippen molar-refractivity contribution in [2.75, 3.05) is 5.32 Å². The van der Waals surface area contributed by atoms with Gasteiger partial charge in [-0.15, -0.1) is 0 Å². The zero-order valence-corrected chi connectivity index (χ0v) is 16.5. The van der Waals surface area contributed by atoms with Crippen LogP contribution in [0.15, 0.2) is 35.3 Å². The smallest absolute Gasteiger partial charge is 0.309 e. The van der Waals surface area contributed by atoms with E-state index in [9.17, 15) is 19.1 Å². The quantitative estimate of drug-likeness (QED) is 0.780. The second-order valence-corrected chi connectivity index (χ2v) is 9.37. The van der Waals surface area contributed by atoms with Gasteiger partial charge in [0.1, 0.15) is 10.8 Å². The van der Waals surface area contributed by atoms with Gasteiger partial charge in [-0.05, 0) is 74.6 Å². The van der Waals surface area contributed by atoms with Gasteiger partial charge in [-0.25, -0.2) is 9.07 Å². The van der Waals surface area contributed by atoms with Crippen LogP contribution in [0.4, 0.5) is 15.8 Å². The lowest BCUT2D eigenvalue weighted by molar-refractivity contribution is -0.173. The molecule has 4 saturated carbocycles. The molecule has 1 aromatic heterocycles. The summed E-state index contributed by atoms with van der Waals surface area (Å²) >= 11 is 6.39. The van der Waals surface area contributed by atoms with Crippen molar-refractivity contribution in [1.82, 2.24) is 9.78 Å². The number of anilines is 2. The monoisotopic (exact) mass is 417 g/mol. The number of nitrogens with zero attached hydrogens (tertiary/aromatic N) is 2. The lowest BCUT2D eigenvalue weighted by Gasteiger charge is -2.60. The lowest BCUT2D eigenvalue weighted by Crippen LogP contribution is -2.61. The van der Waals surface area contributed by atoms with Crippen LogP contribution in [-0.4, -0.2) is 20.9 Å². The van der Waals surface area contributed by atoms with Crippen molar-refractivity contribution < 1.29 is 14.3 Å². The standard InChI is InChI=1S/C21H21ClFN3O3/c22-17-16(25-15-3-1-14(23)2-4-15)10-24-26(18(17)27)21-8-12-5-13(9-21)7-20(6-12,11-21)19(28)29/h1-4,10,12-13,25H,5-9,11H2,(H,28,29). The van der Waals surface area contributed by atoms with Crippen LogP contribution in [0, 0.1) is 23.1 Å². The first kappa shape index (κ1) is 18.6. The fraction of sp³-hybridized carbons (Fsp3) is 0.476. The highest BCUT2D eigenvalue weighted by Crippen LogP contribution is 2.63. The van der Waals surface area contributed by atoms with E-state index in [1.807, 2.05) is 0 Å². The number of carboxylic acid groups (broad SMARTS) is 1. The van der Waals surface area contributed by atoms with Crippen molar-refractivity contribution in [1.29, 1.82) is 0 Å². The van der Waals surface area contributed by atoms with Gasteiger partial charge in [0, 0.05) is 5.69 Å². The summed E-state index contributed by atoms with van der Waals surface area (Å²) in [4.78, 5) is 25.2. The molecular formula is C21H21ClFN3O3. The van der Waals surface area contributed by atoms with E-state index in [-0.39, 0.29) is 10.8 Å². The van der Waals surface area contributed by atoms with Gasteiger partial charge >= 0.3 is 5.97 Å². The average molecular weight is 418 g/mol. The van der Waals surface area contributed by atoms with Crippen LogP contribution in [0.25, 0.3) is 0 Å². The maximum absolute atomic E-state index is 13.1. The fourth-order valence-corrected chi connectivity index (χ4v) is 6.43. The zero-order chi connectivity index (χ0) is 20.4. The molecule has 152 valence electrons. The van der Waals surface area contributed by atoms with E-state index in [4.69, 9.17) is 11.6 Å². The summed E-state index contributed by atoms with van der Waals surface area (Å²) in [6, 6.07) is 5.72. The lowest BCUT2D eigenvalue weighted by atomic mass is 9.47. The first-order valence-corrected chi connectivity index (χ1v) is 10.2. The minimum Gasteiger partial charge on any atom is -0.481 e. The van der Waals surface area contributed by atoms with Crippen LogP contribution >= 0.6 is 11.6 Å². The predicted molar refractivity (Wildman–Crippen MR) is 106 cm³/mol. The van der Waals surface area contributed by atoms with Gasteiger partial charge in [0.05, 0.1) is 22.8 Å². The van der Waals surface area contributed by atoms with E-state index >= 15 is 0 Å². The summed E-state index contributed by atoms with van der Waals surface area (Å²) in [5.41, 5.74) is -0.828. The van der Waals surface area contributed by atoms with Gasteiger partial charge in [-0.2, -0.15) is 5.10 Å². The van der Waals surface area contributed by atoms with Crippen molar-refractivity contribution in [2.24, 2.45) is 17.3 Å². The van der Waals surface area contributed by atoms with Crippen LogP contribution in [-0.2, 0) is 10.3 Å². The Labute approximate surface area is 171 Å². The molecule has 0 saturated heterocycles. The molecule has 4 fully saturated rings. The number of benzene rings is 1. The third-order valence-electron chi connectivity index (χ3n) is 6.98. The molecule has 29 heavy (non-hydrogen) atoms. The van der Waals surface area contributed by atoms with Gasteiger partial charge in [0.15, 0.2) is 0 Å². The molecule has 1 aromatic carbocycles. The summed E-state index contributed by atoms with van der Waals surface area (Å²) in [6.45, 7) is 0. The van der Waals surface area contributed by atoms with E-state index in [2.05, 4.69) is 10.4 Å². The highest BCUT2D eigenvalue weighted by atomic mass is 35.5. The summed E-state index contributed by atoms with van der Waals surface area (Å²) in [7, 11) is 0. The Morgan fingerprint density at radius 2 is 1.86 bits per heavy atom. The van der Waals surface area contributed by atoms with E-state index in [0.717, 1.165) is 19.3 Å². The SMILES string of the molecule is O=C(O)C12CC3CC(C1)CC(n1ncc(Nc4ccc(F)cc4)c(Cl)c1=O)(C3)C2. The van der Waals surface area contributed by atoms with Gasteiger partial charge in [0.25, 0.3) is 5.56 Å². The van der Waals surface area contributed by atoms with Crippen molar-refractivity contribution in [3.8, 4) is 0 Å². The molecule has 6 nitrogen and oxygen atoms in total. The van der Waals surface area contributed by atoms with E-state index in [1.165, 1.54) is 23.0 Å². The minimum absolute atomic E-state index is 0.00412. The maximum atomic E-state index is 13.1. The van der Waals surface area contributed by atoms with Gasteiger partial charge < -0.3 is 10.4 Å². The molecule has 4 bridgehead atoms. The van der Waals surface area contributed by atoms with Gasteiger partial charge in [-0.1, -0.05) is 11.6 Å². The van der Waals surface area contributed by atoms with Gasteiger partial charge in [-0.3, -0.25) is 9.59 Å². The number of carbonyl (C=O) groups is 1. The summed E-state index contributed by atoms with van der Waals surface area (Å²) < 4.78 is 14.6. The van der Waals surface area contributed by atoms with Crippen molar-refractivity contribution in [3.05, 3.63) is 51.7 Å². The number of aromatic nitrogens is 2. The number of carboxylic acids is 1. The van der Waals surface area contributed by atoms with Crippen molar-refractivity contribution in [3.63, 3.8) is 0 Å². The molecule has 2 unspecified atom stereocenters. The van der Waals surface area contributed by atoms with E-state index in [0.29, 0.717) is 42.5 Å². The number of hydrogen-bond acceptors (Lipinski definition) is 4. The normalized spacial score (nSPS) is 32.3. The molecular weight excluding hydrogens is 397 g/mol. The Morgan fingerprint density at radius 3 is 2.48 bits per heavy atom. The summed E-state index contributed by atoms with van der Waals surface area (Å²) in [6.07, 6.45) is 5.87. The first-order chi connectivity index (χ1) is 13.8. The molecule has 4 aliphatic carbocycles. The van der Waals surface area contributed by atoms with Crippen molar-refractivity contribution >= 4 is 28.9 Å². The average Bonchev–Trinajstić information content (AvgIpc) is 2.66. The molecule has 4 aliphatic rings. The zero-order valence-electron chi connectivity index (χ0n) is 15.7. The molecule has 0 amide bonds. The Morgan fingerprint density at radius 1 is 1.21 bits per heavy atom. The molecule has 2 N–H and O–H groups in total. The highest BCUT2D eigenvalue weighted by Gasteiger charge is 2.62. The molecule has 2 aromatic rings.